The number of nitrogens with one attached hydrogen (secondary N) is 1. The number of rotatable bonds is 6. The fourth-order valence-electron chi connectivity index (χ4n) is 2.03. The molecule has 0 fully saturated rings. The number of pyridine rings is 1. The summed E-state index contributed by atoms with van der Waals surface area (Å²) in [6.45, 7) is 3.20. The minimum absolute atomic E-state index is 0.155. The van der Waals surface area contributed by atoms with Crippen LogP contribution in [0, 0.1) is 0 Å². The monoisotopic (exact) mass is 361 g/mol. The third-order valence-electron chi connectivity index (χ3n) is 3.39. The highest BCUT2D eigenvalue weighted by Gasteiger charge is 2.08. The van der Waals surface area contributed by atoms with Crippen LogP contribution in [0.3, 0.4) is 0 Å². The topological polar surface area (TPSA) is 45.2 Å². The van der Waals surface area contributed by atoms with E-state index in [9.17, 15) is 4.79 Å². The van der Waals surface area contributed by atoms with Gasteiger partial charge in [-0.05, 0) is 58.7 Å². The van der Waals surface area contributed by atoms with Crippen molar-refractivity contribution in [1.82, 2.24) is 4.98 Å². The maximum Gasteiger partial charge on any atom is 0.256 e. The molecule has 0 unspecified atom stereocenters. The highest BCUT2D eigenvalue weighted by Crippen LogP contribution is 2.16. The van der Waals surface area contributed by atoms with Gasteiger partial charge in [0.2, 0.25) is 0 Å². The molecule has 116 valence electrons. The summed E-state index contributed by atoms with van der Waals surface area (Å²) in [5.74, 6) is 0.384. The Morgan fingerprint density at radius 3 is 2.55 bits per heavy atom. The summed E-state index contributed by atoms with van der Waals surface area (Å²) in [6.07, 6.45) is 3.99. The van der Waals surface area contributed by atoms with Gasteiger partial charge in [-0.3, -0.25) is 4.79 Å². The van der Waals surface area contributed by atoms with Gasteiger partial charge in [-0.15, -0.1) is 0 Å². The highest BCUT2D eigenvalue weighted by atomic mass is 79.9. The molecule has 0 aliphatic rings. The van der Waals surface area contributed by atoms with E-state index in [1.165, 1.54) is 6.42 Å². The van der Waals surface area contributed by atoms with Gasteiger partial charge in [-0.1, -0.05) is 13.3 Å². The van der Waals surface area contributed by atoms with Crippen LogP contribution in [0.25, 0.3) is 0 Å². The predicted octanol–water partition coefficient (Wildman–Crippen LogP) is 4.33. The Morgan fingerprint density at radius 1 is 1.23 bits per heavy atom. The fraction of sp³-hybridized carbons (Fsp3) is 0.294. The second kappa shape index (κ2) is 7.94. The Bertz CT molecular complexity index is 611. The lowest BCUT2D eigenvalue weighted by Gasteiger charge is -2.19. The molecule has 0 aliphatic carbocycles. The van der Waals surface area contributed by atoms with Crippen molar-refractivity contribution in [2.24, 2.45) is 0 Å². The lowest BCUT2D eigenvalue weighted by Crippen LogP contribution is -2.18. The largest absolute Gasteiger partial charge is 0.375 e. The molecular weight excluding hydrogens is 342 g/mol. The Hall–Kier alpha value is -1.88. The Balaban J connectivity index is 2.00. The van der Waals surface area contributed by atoms with Crippen molar-refractivity contribution in [3.8, 4) is 0 Å². The lowest BCUT2D eigenvalue weighted by atomic mass is 10.2. The summed E-state index contributed by atoms with van der Waals surface area (Å²) in [6, 6.07) is 11.2. The molecule has 0 bridgehead atoms. The molecule has 2 rings (SSSR count). The van der Waals surface area contributed by atoms with Crippen molar-refractivity contribution in [2.75, 3.05) is 23.8 Å². The quantitative estimate of drug-likeness (QED) is 0.832. The van der Waals surface area contributed by atoms with Crippen LogP contribution in [-0.4, -0.2) is 24.5 Å². The molecule has 0 saturated heterocycles. The number of unbranched alkanes of at least 4 members (excludes halogenated alkanes) is 1. The summed E-state index contributed by atoms with van der Waals surface area (Å²) >= 11 is 3.32. The minimum atomic E-state index is -0.155. The smallest absolute Gasteiger partial charge is 0.256 e. The Kier molecular flexibility index (Phi) is 5.95. The summed E-state index contributed by atoms with van der Waals surface area (Å²) in [5.41, 5.74) is 1.74. The molecule has 1 N–H and O–H groups in total. The second-order valence-corrected chi connectivity index (χ2v) is 6.05. The molecule has 0 spiro atoms. The van der Waals surface area contributed by atoms with Crippen LogP contribution in [0.5, 0.6) is 0 Å². The van der Waals surface area contributed by atoms with E-state index in [-0.39, 0.29) is 5.91 Å². The van der Waals surface area contributed by atoms with E-state index in [1.807, 2.05) is 30.3 Å². The normalized spacial score (nSPS) is 10.3. The first kappa shape index (κ1) is 16.5. The number of nitrogens with zero attached hydrogens (tertiary/aromatic N) is 2. The average molecular weight is 362 g/mol. The number of hydrogen-bond donors (Lipinski definition) is 1. The van der Waals surface area contributed by atoms with Crippen LogP contribution in [0.1, 0.15) is 30.1 Å². The molecule has 1 aromatic heterocycles. The third-order valence-corrected chi connectivity index (χ3v) is 3.86. The highest BCUT2D eigenvalue weighted by molar-refractivity contribution is 9.10. The van der Waals surface area contributed by atoms with Gasteiger partial charge in [0.25, 0.3) is 5.91 Å². The predicted molar refractivity (Wildman–Crippen MR) is 94.5 cm³/mol. The average Bonchev–Trinajstić information content (AvgIpc) is 2.55. The van der Waals surface area contributed by atoms with Gasteiger partial charge >= 0.3 is 0 Å². The summed E-state index contributed by atoms with van der Waals surface area (Å²) in [5, 5.41) is 2.78. The van der Waals surface area contributed by atoms with Crippen LogP contribution in [0.15, 0.2) is 47.1 Å². The SMILES string of the molecule is CCCCN(C)c1ccc(C(=O)Nc2ccc(Br)cn2)cc1. The van der Waals surface area contributed by atoms with Crippen LogP contribution >= 0.6 is 15.9 Å². The van der Waals surface area contributed by atoms with Crippen molar-refractivity contribution in [2.45, 2.75) is 19.8 Å². The van der Waals surface area contributed by atoms with E-state index < -0.39 is 0 Å². The first-order valence-electron chi connectivity index (χ1n) is 7.34. The van der Waals surface area contributed by atoms with E-state index >= 15 is 0 Å². The molecule has 0 atom stereocenters. The number of amides is 1. The van der Waals surface area contributed by atoms with Gasteiger partial charge in [0.15, 0.2) is 0 Å². The van der Waals surface area contributed by atoms with Gasteiger partial charge < -0.3 is 10.2 Å². The maximum absolute atomic E-state index is 12.2. The number of aromatic nitrogens is 1. The zero-order valence-electron chi connectivity index (χ0n) is 12.8. The zero-order valence-corrected chi connectivity index (χ0v) is 14.4. The van der Waals surface area contributed by atoms with E-state index in [4.69, 9.17) is 0 Å². The van der Waals surface area contributed by atoms with Crippen LogP contribution in [0.4, 0.5) is 11.5 Å². The van der Waals surface area contributed by atoms with Crippen molar-refractivity contribution < 1.29 is 4.79 Å². The molecule has 1 heterocycles. The van der Waals surface area contributed by atoms with Gasteiger partial charge in [0.05, 0.1) is 0 Å². The van der Waals surface area contributed by atoms with Gasteiger partial charge in [0.1, 0.15) is 5.82 Å². The molecule has 1 aromatic carbocycles. The summed E-state index contributed by atoms with van der Waals surface area (Å²) < 4.78 is 0.880. The third kappa shape index (κ3) is 4.56. The van der Waals surface area contributed by atoms with Crippen molar-refractivity contribution >= 4 is 33.3 Å². The molecule has 0 saturated carbocycles. The van der Waals surface area contributed by atoms with Crippen LogP contribution in [-0.2, 0) is 0 Å². The Morgan fingerprint density at radius 2 is 1.95 bits per heavy atom. The van der Waals surface area contributed by atoms with Crippen molar-refractivity contribution in [1.29, 1.82) is 0 Å². The lowest BCUT2D eigenvalue weighted by molar-refractivity contribution is 0.102. The first-order chi connectivity index (χ1) is 10.6. The van der Waals surface area contributed by atoms with E-state index in [2.05, 4.69) is 45.1 Å². The second-order valence-electron chi connectivity index (χ2n) is 5.14. The standard InChI is InChI=1S/C17H20BrN3O/c1-3-4-11-21(2)15-8-5-13(6-9-15)17(22)20-16-10-7-14(18)12-19-16/h5-10,12H,3-4,11H2,1-2H3,(H,19,20,22). The first-order valence-corrected chi connectivity index (χ1v) is 8.13. The Labute approximate surface area is 139 Å². The van der Waals surface area contributed by atoms with Gasteiger partial charge in [-0.2, -0.15) is 0 Å². The van der Waals surface area contributed by atoms with E-state index in [0.29, 0.717) is 11.4 Å². The van der Waals surface area contributed by atoms with Crippen molar-refractivity contribution in [3.05, 3.63) is 52.6 Å². The van der Waals surface area contributed by atoms with E-state index in [1.54, 1.807) is 12.3 Å². The van der Waals surface area contributed by atoms with Crippen LogP contribution in [0.2, 0.25) is 0 Å². The maximum atomic E-state index is 12.2. The molecule has 0 radical (unpaired) electrons. The molecular formula is C17H20BrN3O. The molecule has 2 aromatic rings. The van der Waals surface area contributed by atoms with Gasteiger partial charge in [-0.25, -0.2) is 4.98 Å². The molecule has 22 heavy (non-hydrogen) atoms. The number of anilines is 2. The number of hydrogen-bond acceptors (Lipinski definition) is 3. The minimum Gasteiger partial charge on any atom is -0.375 e. The fourth-order valence-corrected chi connectivity index (χ4v) is 2.26. The molecule has 1 amide bonds. The van der Waals surface area contributed by atoms with E-state index in [0.717, 1.165) is 23.1 Å². The number of benzene rings is 1. The number of carbonyl (C=O) groups is 1. The molecule has 0 aliphatic heterocycles. The molecule has 4 nitrogen and oxygen atoms in total. The summed E-state index contributed by atoms with van der Waals surface area (Å²) in [4.78, 5) is 18.5. The number of halogens is 1. The number of carbonyl (C=O) groups excluding carboxylic acids is 1. The zero-order chi connectivity index (χ0) is 15.9. The van der Waals surface area contributed by atoms with Gasteiger partial charge in [0, 0.05) is 35.5 Å². The van der Waals surface area contributed by atoms with Crippen molar-refractivity contribution in [3.63, 3.8) is 0 Å². The molecule has 5 heteroatoms. The summed E-state index contributed by atoms with van der Waals surface area (Å²) in [7, 11) is 2.07. The van der Waals surface area contributed by atoms with Crippen LogP contribution < -0.4 is 10.2 Å².